The van der Waals surface area contributed by atoms with Crippen molar-refractivity contribution in [2.75, 3.05) is 19.7 Å². The van der Waals surface area contributed by atoms with Gasteiger partial charge in [-0.3, -0.25) is 0 Å². The van der Waals surface area contributed by atoms with Gasteiger partial charge < -0.3 is 4.74 Å². The summed E-state index contributed by atoms with van der Waals surface area (Å²) < 4.78 is 31.6. The molecule has 0 bridgehead atoms. The zero-order valence-electron chi connectivity index (χ0n) is 10.8. The van der Waals surface area contributed by atoms with E-state index in [-0.39, 0.29) is 4.90 Å². The molecule has 0 aliphatic carbocycles. The van der Waals surface area contributed by atoms with Gasteiger partial charge in [0.25, 0.3) is 0 Å². The van der Waals surface area contributed by atoms with Crippen molar-refractivity contribution >= 4 is 21.6 Å². The Labute approximate surface area is 114 Å². The molecule has 0 aliphatic rings. The Hall–Kier alpha value is -0.780. The summed E-state index contributed by atoms with van der Waals surface area (Å²) in [6, 6.07) is 4.64. The molecule has 0 fully saturated rings. The van der Waals surface area contributed by atoms with E-state index in [9.17, 15) is 8.42 Å². The van der Waals surface area contributed by atoms with Gasteiger partial charge in [-0.25, -0.2) is 8.42 Å². The van der Waals surface area contributed by atoms with Gasteiger partial charge in [-0.1, -0.05) is 25.4 Å². The molecular formula is C12H18ClNO3S. The predicted octanol–water partition coefficient (Wildman–Crippen LogP) is 2.77. The summed E-state index contributed by atoms with van der Waals surface area (Å²) in [5, 5.41) is 0.379. The first-order valence-corrected chi connectivity index (χ1v) is 7.71. The normalized spacial score (nSPS) is 11.8. The Balaban J connectivity index is 3.33. The summed E-state index contributed by atoms with van der Waals surface area (Å²) in [6.07, 6.45) is 0. The van der Waals surface area contributed by atoms with Gasteiger partial charge in [-0.15, -0.1) is 0 Å². The molecule has 4 nitrogen and oxygen atoms in total. The topological polar surface area (TPSA) is 46.6 Å². The molecule has 0 atom stereocenters. The molecule has 0 aromatic heterocycles. The van der Waals surface area contributed by atoms with Crippen LogP contribution in [0.3, 0.4) is 0 Å². The number of nitrogens with zero attached hydrogens (tertiary/aromatic N) is 1. The minimum atomic E-state index is -3.55. The van der Waals surface area contributed by atoms with Crippen LogP contribution < -0.4 is 4.74 Å². The lowest BCUT2D eigenvalue weighted by molar-refractivity contribution is 0.329. The van der Waals surface area contributed by atoms with Gasteiger partial charge in [-0.2, -0.15) is 4.31 Å². The lowest BCUT2D eigenvalue weighted by Crippen LogP contribution is -2.31. The number of ether oxygens (including phenoxy) is 1. The summed E-state index contributed by atoms with van der Waals surface area (Å²) in [7, 11) is -3.55. The molecular weight excluding hydrogens is 274 g/mol. The van der Waals surface area contributed by atoms with Gasteiger partial charge >= 0.3 is 0 Å². The third-order valence-corrected chi connectivity index (χ3v) is 4.84. The van der Waals surface area contributed by atoms with Crippen molar-refractivity contribution in [3.63, 3.8) is 0 Å². The van der Waals surface area contributed by atoms with Crippen LogP contribution in [-0.4, -0.2) is 32.4 Å². The first-order chi connectivity index (χ1) is 8.47. The number of hydrogen-bond acceptors (Lipinski definition) is 3. The van der Waals surface area contributed by atoms with E-state index in [0.29, 0.717) is 30.5 Å². The summed E-state index contributed by atoms with van der Waals surface area (Å²) >= 11 is 5.88. The lowest BCUT2D eigenvalue weighted by atomic mass is 10.3. The monoisotopic (exact) mass is 291 g/mol. The largest absolute Gasteiger partial charge is 0.492 e. The molecule has 1 aromatic carbocycles. The van der Waals surface area contributed by atoms with Gasteiger partial charge in [0.1, 0.15) is 10.6 Å². The van der Waals surface area contributed by atoms with E-state index in [2.05, 4.69) is 0 Å². The summed E-state index contributed by atoms with van der Waals surface area (Å²) in [5.74, 6) is 0.341. The third-order valence-electron chi connectivity index (χ3n) is 2.53. The quantitative estimate of drug-likeness (QED) is 0.810. The number of benzene rings is 1. The Morgan fingerprint density at radius 3 is 2.33 bits per heavy atom. The first kappa shape index (κ1) is 15.3. The van der Waals surface area contributed by atoms with E-state index in [1.807, 2.05) is 6.92 Å². The maximum absolute atomic E-state index is 12.4. The molecule has 0 spiro atoms. The highest BCUT2D eigenvalue weighted by atomic mass is 35.5. The molecule has 0 heterocycles. The maximum Gasteiger partial charge on any atom is 0.246 e. The van der Waals surface area contributed by atoms with Crippen LogP contribution in [0.2, 0.25) is 5.02 Å². The van der Waals surface area contributed by atoms with Crippen LogP contribution in [-0.2, 0) is 10.0 Å². The van der Waals surface area contributed by atoms with Gasteiger partial charge in [0.15, 0.2) is 0 Å². The molecule has 0 N–H and O–H groups in total. The van der Waals surface area contributed by atoms with Crippen LogP contribution in [0, 0.1) is 0 Å². The van der Waals surface area contributed by atoms with Crippen LogP contribution in [0.4, 0.5) is 0 Å². The molecule has 0 radical (unpaired) electrons. The second-order valence-corrected chi connectivity index (χ2v) is 5.96. The van der Waals surface area contributed by atoms with E-state index >= 15 is 0 Å². The van der Waals surface area contributed by atoms with Crippen molar-refractivity contribution in [1.82, 2.24) is 4.31 Å². The average Bonchev–Trinajstić information content (AvgIpc) is 2.33. The molecule has 0 unspecified atom stereocenters. The van der Waals surface area contributed by atoms with Crippen LogP contribution in [0.5, 0.6) is 5.75 Å². The van der Waals surface area contributed by atoms with Gasteiger partial charge in [0.05, 0.1) is 6.61 Å². The molecule has 1 rings (SSSR count). The molecule has 0 saturated carbocycles. The average molecular weight is 292 g/mol. The van der Waals surface area contributed by atoms with E-state index in [0.717, 1.165) is 0 Å². The first-order valence-electron chi connectivity index (χ1n) is 5.89. The van der Waals surface area contributed by atoms with Crippen LogP contribution >= 0.6 is 11.6 Å². The highest BCUT2D eigenvalue weighted by Crippen LogP contribution is 2.29. The van der Waals surface area contributed by atoms with Crippen molar-refractivity contribution in [3.05, 3.63) is 23.2 Å². The summed E-state index contributed by atoms with van der Waals surface area (Å²) in [5.41, 5.74) is 0. The Kier molecular flexibility index (Phi) is 5.44. The lowest BCUT2D eigenvalue weighted by Gasteiger charge is -2.20. The SMILES string of the molecule is CCOc1ccc(Cl)cc1S(=O)(=O)N(CC)CC. The van der Waals surface area contributed by atoms with Gasteiger partial charge in [0.2, 0.25) is 10.0 Å². The van der Waals surface area contributed by atoms with Crippen molar-refractivity contribution < 1.29 is 13.2 Å². The van der Waals surface area contributed by atoms with Crippen molar-refractivity contribution in [3.8, 4) is 5.75 Å². The Bertz CT molecular complexity index is 498. The van der Waals surface area contributed by atoms with Crippen molar-refractivity contribution in [2.45, 2.75) is 25.7 Å². The summed E-state index contributed by atoms with van der Waals surface area (Å²) in [6.45, 7) is 6.64. The second kappa shape index (κ2) is 6.41. The number of halogens is 1. The molecule has 102 valence electrons. The van der Waals surface area contributed by atoms with Gasteiger partial charge in [0, 0.05) is 18.1 Å². The fraction of sp³-hybridized carbons (Fsp3) is 0.500. The number of rotatable bonds is 6. The fourth-order valence-corrected chi connectivity index (χ4v) is 3.51. The minimum absolute atomic E-state index is 0.126. The van der Waals surface area contributed by atoms with Crippen molar-refractivity contribution in [1.29, 1.82) is 0 Å². The smallest absolute Gasteiger partial charge is 0.246 e. The number of sulfonamides is 1. The van der Waals surface area contributed by atoms with Crippen LogP contribution in [0.25, 0.3) is 0 Å². The summed E-state index contributed by atoms with van der Waals surface area (Å²) in [4.78, 5) is 0.126. The van der Waals surface area contributed by atoms with E-state index in [1.54, 1.807) is 26.0 Å². The highest BCUT2D eigenvalue weighted by molar-refractivity contribution is 7.89. The van der Waals surface area contributed by atoms with E-state index in [1.165, 1.54) is 10.4 Å². The van der Waals surface area contributed by atoms with E-state index in [4.69, 9.17) is 16.3 Å². The molecule has 0 aliphatic heterocycles. The third kappa shape index (κ3) is 3.16. The standard InChI is InChI=1S/C12H18ClNO3S/c1-4-14(5-2)18(15,16)12-9-10(13)7-8-11(12)17-6-3/h7-9H,4-6H2,1-3H3. The van der Waals surface area contributed by atoms with E-state index < -0.39 is 10.0 Å². The molecule has 0 saturated heterocycles. The Morgan fingerprint density at radius 2 is 1.83 bits per heavy atom. The zero-order valence-corrected chi connectivity index (χ0v) is 12.4. The minimum Gasteiger partial charge on any atom is -0.492 e. The molecule has 18 heavy (non-hydrogen) atoms. The van der Waals surface area contributed by atoms with Gasteiger partial charge in [-0.05, 0) is 25.1 Å². The van der Waals surface area contributed by atoms with Crippen molar-refractivity contribution in [2.24, 2.45) is 0 Å². The highest BCUT2D eigenvalue weighted by Gasteiger charge is 2.25. The molecule has 0 amide bonds. The second-order valence-electron chi connectivity index (χ2n) is 3.61. The number of hydrogen-bond donors (Lipinski definition) is 0. The van der Waals surface area contributed by atoms with Crippen LogP contribution in [0.15, 0.2) is 23.1 Å². The molecule has 1 aromatic rings. The predicted molar refractivity (Wildman–Crippen MR) is 72.7 cm³/mol. The fourth-order valence-electron chi connectivity index (χ4n) is 1.66. The zero-order chi connectivity index (χ0) is 13.8. The maximum atomic E-state index is 12.4. The van der Waals surface area contributed by atoms with Crippen LogP contribution in [0.1, 0.15) is 20.8 Å². The molecule has 6 heteroatoms. The Morgan fingerprint density at radius 1 is 1.22 bits per heavy atom.